The van der Waals surface area contributed by atoms with Gasteiger partial charge in [-0.3, -0.25) is 4.79 Å². The SMILES string of the molecule is CC(NC(=O)c1ccc(F)cc1C(F)(F)F)c1ncon1. The summed E-state index contributed by atoms with van der Waals surface area (Å²) in [5, 5.41) is 5.75. The first-order valence-electron chi connectivity index (χ1n) is 5.73. The Morgan fingerprint density at radius 3 is 2.67 bits per heavy atom. The van der Waals surface area contributed by atoms with Crippen molar-refractivity contribution >= 4 is 5.91 Å². The number of alkyl halides is 3. The molecule has 1 aromatic carbocycles. The van der Waals surface area contributed by atoms with Crippen LogP contribution in [0.1, 0.15) is 34.7 Å². The molecule has 0 fully saturated rings. The van der Waals surface area contributed by atoms with Gasteiger partial charge in [0.2, 0.25) is 6.39 Å². The lowest BCUT2D eigenvalue weighted by atomic mass is 10.1. The van der Waals surface area contributed by atoms with Gasteiger partial charge in [-0.1, -0.05) is 5.16 Å². The zero-order valence-electron chi connectivity index (χ0n) is 10.6. The van der Waals surface area contributed by atoms with Crippen LogP contribution in [0.4, 0.5) is 17.6 Å². The van der Waals surface area contributed by atoms with Crippen LogP contribution in [0, 0.1) is 5.82 Å². The number of amides is 1. The minimum Gasteiger partial charge on any atom is -0.343 e. The van der Waals surface area contributed by atoms with E-state index in [0.717, 1.165) is 18.5 Å². The molecule has 5 nitrogen and oxygen atoms in total. The lowest BCUT2D eigenvalue weighted by Gasteiger charge is -2.15. The number of carbonyl (C=O) groups excluding carboxylic acids is 1. The Labute approximate surface area is 116 Å². The highest BCUT2D eigenvalue weighted by atomic mass is 19.4. The van der Waals surface area contributed by atoms with Crippen LogP contribution in [0.2, 0.25) is 0 Å². The van der Waals surface area contributed by atoms with Crippen LogP contribution >= 0.6 is 0 Å². The van der Waals surface area contributed by atoms with Crippen molar-refractivity contribution in [3.05, 3.63) is 47.4 Å². The van der Waals surface area contributed by atoms with Gasteiger partial charge in [0.1, 0.15) is 5.82 Å². The van der Waals surface area contributed by atoms with Crippen LogP contribution in [0.5, 0.6) is 0 Å². The molecule has 2 rings (SSSR count). The number of nitrogens with one attached hydrogen (secondary N) is 1. The Hall–Kier alpha value is -2.45. The molecule has 0 saturated heterocycles. The number of halogens is 4. The number of aromatic nitrogens is 2. The van der Waals surface area contributed by atoms with Crippen molar-refractivity contribution in [2.24, 2.45) is 0 Å². The Balaban J connectivity index is 2.27. The molecule has 0 aliphatic carbocycles. The number of carbonyl (C=O) groups is 1. The van der Waals surface area contributed by atoms with Gasteiger partial charge in [-0.25, -0.2) is 4.39 Å². The number of nitrogens with zero attached hydrogens (tertiary/aromatic N) is 2. The summed E-state index contributed by atoms with van der Waals surface area (Å²) in [4.78, 5) is 15.6. The van der Waals surface area contributed by atoms with Crippen LogP contribution in [-0.2, 0) is 6.18 Å². The van der Waals surface area contributed by atoms with E-state index in [0.29, 0.717) is 0 Å². The number of benzene rings is 1. The molecule has 9 heteroatoms. The van der Waals surface area contributed by atoms with Crippen LogP contribution in [-0.4, -0.2) is 16.0 Å². The van der Waals surface area contributed by atoms with Crippen LogP contribution in [0.25, 0.3) is 0 Å². The topological polar surface area (TPSA) is 68.0 Å². The summed E-state index contributed by atoms with van der Waals surface area (Å²) >= 11 is 0. The smallest absolute Gasteiger partial charge is 0.343 e. The second-order valence-corrected chi connectivity index (χ2v) is 4.17. The fraction of sp³-hybridized carbons (Fsp3) is 0.250. The molecule has 0 spiro atoms. The van der Waals surface area contributed by atoms with E-state index in [1.54, 1.807) is 0 Å². The van der Waals surface area contributed by atoms with E-state index in [-0.39, 0.29) is 11.9 Å². The third-order valence-corrected chi connectivity index (χ3v) is 2.64. The molecular formula is C12H9F4N3O2. The number of hydrogen-bond donors (Lipinski definition) is 1. The Kier molecular flexibility index (Phi) is 3.92. The minimum atomic E-state index is -4.84. The van der Waals surface area contributed by atoms with E-state index >= 15 is 0 Å². The summed E-state index contributed by atoms with van der Waals surface area (Å²) in [5.41, 5.74) is -2.03. The highest BCUT2D eigenvalue weighted by Crippen LogP contribution is 2.32. The third kappa shape index (κ3) is 3.36. The van der Waals surface area contributed by atoms with E-state index in [1.165, 1.54) is 6.92 Å². The van der Waals surface area contributed by atoms with Crippen molar-refractivity contribution in [2.45, 2.75) is 19.1 Å². The van der Waals surface area contributed by atoms with Crippen molar-refractivity contribution in [1.29, 1.82) is 0 Å². The molecule has 1 N–H and O–H groups in total. The normalized spacial score (nSPS) is 13.0. The average molecular weight is 303 g/mol. The largest absolute Gasteiger partial charge is 0.417 e. The molecule has 21 heavy (non-hydrogen) atoms. The molecule has 1 atom stereocenters. The van der Waals surface area contributed by atoms with Crippen molar-refractivity contribution < 1.29 is 26.9 Å². The molecule has 1 heterocycles. The van der Waals surface area contributed by atoms with Gasteiger partial charge < -0.3 is 9.84 Å². The first-order chi connectivity index (χ1) is 9.79. The standard InChI is InChI=1S/C12H9F4N3O2/c1-6(10-17-5-21-19-10)18-11(20)8-3-2-7(13)4-9(8)12(14,15)16/h2-6H,1H3,(H,18,20). The summed E-state index contributed by atoms with van der Waals surface area (Å²) in [7, 11) is 0. The summed E-state index contributed by atoms with van der Waals surface area (Å²) in [5.74, 6) is -1.98. The van der Waals surface area contributed by atoms with Gasteiger partial charge >= 0.3 is 6.18 Å². The van der Waals surface area contributed by atoms with Crippen molar-refractivity contribution in [2.75, 3.05) is 0 Å². The zero-order valence-corrected chi connectivity index (χ0v) is 10.6. The van der Waals surface area contributed by atoms with Gasteiger partial charge in [0.15, 0.2) is 5.82 Å². The van der Waals surface area contributed by atoms with Gasteiger partial charge in [-0.05, 0) is 25.1 Å². The van der Waals surface area contributed by atoms with Crippen LogP contribution in [0.3, 0.4) is 0 Å². The molecule has 0 radical (unpaired) electrons. The van der Waals surface area contributed by atoms with Crippen LogP contribution < -0.4 is 5.32 Å². The predicted octanol–water partition coefficient (Wildman–Crippen LogP) is 2.72. The monoisotopic (exact) mass is 303 g/mol. The summed E-state index contributed by atoms with van der Waals surface area (Å²) < 4.78 is 55.9. The molecule has 2 aromatic rings. The number of hydrogen-bond acceptors (Lipinski definition) is 4. The average Bonchev–Trinajstić information content (AvgIpc) is 2.91. The van der Waals surface area contributed by atoms with Crippen molar-refractivity contribution in [3.63, 3.8) is 0 Å². The second-order valence-electron chi connectivity index (χ2n) is 4.17. The van der Waals surface area contributed by atoms with Gasteiger partial charge in [-0.2, -0.15) is 18.2 Å². The summed E-state index contributed by atoms with van der Waals surface area (Å²) in [6.07, 6.45) is -3.82. The van der Waals surface area contributed by atoms with E-state index in [1.807, 2.05) is 0 Å². The van der Waals surface area contributed by atoms with E-state index in [2.05, 4.69) is 20.0 Å². The lowest BCUT2D eigenvalue weighted by molar-refractivity contribution is -0.138. The minimum absolute atomic E-state index is 0.110. The van der Waals surface area contributed by atoms with Gasteiger partial charge in [0.25, 0.3) is 5.91 Å². The first-order valence-corrected chi connectivity index (χ1v) is 5.73. The molecule has 0 bridgehead atoms. The highest BCUT2D eigenvalue weighted by Gasteiger charge is 2.36. The van der Waals surface area contributed by atoms with E-state index in [9.17, 15) is 22.4 Å². The molecular weight excluding hydrogens is 294 g/mol. The third-order valence-electron chi connectivity index (χ3n) is 2.64. The highest BCUT2D eigenvalue weighted by molar-refractivity contribution is 5.96. The Morgan fingerprint density at radius 1 is 1.38 bits per heavy atom. The fourth-order valence-electron chi connectivity index (χ4n) is 1.66. The lowest BCUT2D eigenvalue weighted by Crippen LogP contribution is -2.29. The summed E-state index contributed by atoms with van der Waals surface area (Å²) in [6.45, 7) is 1.47. The molecule has 0 aliphatic heterocycles. The van der Waals surface area contributed by atoms with Crippen molar-refractivity contribution in [3.8, 4) is 0 Å². The van der Waals surface area contributed by atoms with E-state index in [4.69, 9.17) is 0 Å². The molecule has 1 amide bonds. The second kappa shape index (κ2) is 5.51. The zero-order chi connectivity index (χ0) is 15.6. The van der Waals surface area contributed by atoms with Crippen molar-refractivity contribution in [1.82, 2.24) is 15.5 Å². The molecule has 1 unspecified atom stereocenters. The van der Waals surface area contributed by atoms with Gasteiger partial charge in [-0.15, -0.1) is 0 Å². The van der Waals surface area contributed by atoms with Gasteiger partial charge in [0.05, 0.1) is 17.2 Å². The maximum absolute atomic E-state index is 13.0. The Bertz CT molecular complexity index is 640. The quantitative estimate of drug-likeness (QED) is 0.885. The summed E-state index contributed by atoms with van der Waals surface area (Å²) in [6, 6.07) is 1.07. The van der Waals surface area contributed by atoms with Crippen LogP contribution in [0.15, 0.2) is 29.1 Å². The molecule has 0 saturated carbocycles. The fourth-order valence-corrected chi connectivity index (χ4v) is 1.66. The maximum Gasteiger partial charge on any atom is 0.417 e. The molecule has 112 valence electrons. The predicted molar refractivity (Wildman–Crippen MR) is 61.6 cm³/mol. The molecule has 0 aliphatic rings. The van der Waals surface area contributed by atoms with Gasteiger partial charge in [0, 0.05) is 0 Å². The Morgan fingerprint density at radius 2 is 2.10 bits per heavy atom. The first kappa shape index (κ1) is 14.9. The molecule has 1 aromatic heterocycles. The number of rotatable bonds is 3. The maximum atomic E-state index is 13.0. The van der Waals surface area contributed by atoms with E-state index < -0.39 is 35.1 Å².